The minimum Gasteiger partial charge on any atom is -0.381 e. The predicted octanol–water partition coefficient (Wildman–Crippen LogP) is -1.01. The van der Waals surface area contributed by atoms with Crippen molar-refractivity contribution in [1.29, 1.82) is 0 Å². The number of aliphatic hydroxyl groups excluding tert-OH is 1. The van der Waals surface area contributed by atoms with Gasteiger partial charge in [0.1, 0.15) is 17.6 Å². The van der Waals surface area contributed by atoms with Crippen molar-refractivity contribution in [2.24, 2.45) is 0 Å². The topological polar surface area (TPSA) is 94.2 Å². The van der Waals surface area contributed by atoms with Crippen molar-refractivity contribution in [1.82, 2.24) is 15.6 Å². The second kappa shape index (κ2) is 5.26. The van der Waals surface area contributed by atoms with Crippen molar-refractivity contribution < 1.29 is 19.1 Å². The van der Waals surface area contributed by atoms with Crippen LogP contribution in [0.5, 0.6) is 0 Å². The van der Waals surface area contributed by atoms with Gasteiger partial charge in [-0.15, -0.1) is 0 Å². The Balaban J connectivity index is 2.44. The maximum Gasteiger partial charge on any atom is 0.267 e. The summed E-state index contributed by atoms with van der Waals surface area (Å²) in [5, 5.41) is 13.7. The maximum atomic E-state index is 12.5. The monoisotopic (exact) mass is 229 g/mol. The highest BCUT2D eigenvalue weighted by molar-refractivity contribution is 5.92. The fraction of sp³-hybridized carbons (Fsp3) is 0.333. The molecule has 0 aromatic carbocycles. The number of H-pyrrole nitrogens is 1. The van der Waals surface area contributed by atoms with E-state index in [1.807, 2.05) is 0 Å². The van der Waals surface area contributed by atoms with Crippen LogP contribution in [0.25, 0.3) is 0 Å². The van der Waals surface area contributed by atoms with E-state index in [4.69, 9.17) is 0 Å². The fourth-order valence-electron chi connectivity index (χ4n) is 1.04. The first-order valence-electron chi connectivity index (χ1n) is 4.56. The molecular formula is C9H12FN3O3. The summed E-state index contributed by atoms with van der Waals surface area (Å²) in [6, 6.07) is 1.02. The highest BCUT2D eigenvalue weighted by atomic mass is 19.1. The molecule has 88 valence electrons. The van der Waals surface area contributed by atoms with Gasteiger partial charge in [-0.3, -0.25) is 9.59 Å². The Kier molecular flexibility index (Phi) is 4.01. The third-order valence-corrected chi connectivity index (χ3v) is 1.90. The minimum atomic E-state index is -1.33. The second-order valence-electron chi connectivity index (χ2n) is 3.07. The molecular weight excluding hydrogens is 217 g/mol. The number of hydrogen-bond donors (Lipinski definition) is 4. The molecule has 0 aliphatic rings. The molecule has 0 spiro atoms. The Morgan fingerprint density at radius 3 is 2.81 bits per heavy atom. The molecule has 0 bridgehead atoms. The number of carbonyl (C=O) groups is 2. The first kappa shape index (κ1) is 12.2. The first-order valence-corrected chi connectivity index (χ1v) is 4.56. The Labute approximate surface area is 90.8 Å². The van der Waals surface area contributed by atoms with Gasteiger partial charge in [0.15, 0.2) is 0 Å². The molecule has 1 atom stereocenters. The molecule has 0 aliphatic heterocycles. The maximum absolute atomic E-state index is 12.5. The number of hydrogen-bond acceptors (Lipinski definition) is 3. The van der Waals surface area contributed by atoms with Gasteiger partial charge in [0.05, 0.1) is 6.54 Å². The van der Waals surface area contributed by atoms with E-state index in [1.165, 1.54) is 7.05 Å². The Bertz CT molecular complexity index is 391. The SMILES string of the molecule is CNC(=O)C(O)CNC(=O)c1cc(F)c[nH]1. The van der Waals surface area contributed by atoms with Crippen LogP contribution >= 0.6 is 0 Å². The number of amides is 2. The van der Waals surface area contributed by atoms with E-state index in [2.05, 4.69) is 15.6 Å². The molecule has 1 aromatic heterocycles. The lowest BCUT2D eigenvalue weighted by Crippen LogP contribution is -2.41. The molecule has 6 nitrogen and oxygen atoms in total. The number of carbonyl (C=O) groups excluding carboxylic acids is 2. The van der Waals surface area contributed by atoms with Gasteiger partial charge in [-0.25, -0.2) is 4.39 Å². The van der Waals surface area contributed by atoms with Crippen LogP contribution in [0.1, 0.15) is 10.5 Å². The third kappa shape index (κ3) is 3.06. The lowest BCUT2D eigenvalue weighted by Gasteiger charge is -2.09. The van der Waals surface area contributed by atoms with Crippen molar-refractivity contribution >= 4 is 11.8 Å². The van der Waals surface area contributed by atoms with Gasteiger partial charge in [0.25, 0.3) is 5.91 Å². The molecule has 0 saturated heterocycles. The summed E-state index contributed by atoms with van der Waals surface area (Å²) in [7, 11) is 1.37. The Morgan fingerprint density at radius 2 is 2.31 bits per heavy atom. The average molecular weight is 229 g/mol. The molecule has 1 aromatic rings. The number of rotatable bonds is 4. The van der Waals surface area contributed by atoms with E-state index < -0.39 is 23.7 Å². The molecule has 0 fully saturated rings. The van der Waals surface area contributed by atoms with Gasteiger partial charge >= 0.3 is 0 Å². The summed E-state index contributed by atoms with van der Waals surface area (Å²) < 4.78 is 12.5. The zero-order valence-corrected chi connectivity index (χ0v) is 8.58. The minimum absolute atomic E-state index is 0.0293. The zero-order valence-electron chi connectivity index (χ0n) is 8.58. The van der Waals surface area contributed by atoms with Gasteiger partial charge in [-0.05, 0) is 0 Å². The van der Waals surface area contributed by atoms with E-state index >= 15 is 0 Å². The number of aromatic nitrogens is 1. The fourth-order valence-corrected chi connectivity index (χ4v) is 1.04. The van der Waals surface area contributed by atoms with Crippen LogP contribution in [0, 0.1) is 5.82 Å². The smallest absolute Gasteiger partial charge is 0.267 e. The summed E-state index contributed by atoms with van der Waals surface area (Å²) >= 11 is 0. The number of halogens is 1. The second-order valence-corrected chi connectivity index (χ2v) is 3.07. The predicted molar refractivity (Wildman–Crippen MR) is 53.2 cm³/mol. The van der Waals surface area contributed by atoms with Crippen LogP contribution in [-0.2, 0) is 4.79 Å². The Morgan fingerprint density at radius 1 is 1.62 bits per heavy atom. The molecule has 16 heavy (non-hydrogen) atoms. The van der Waals surface area contributed by atoms with Gasteiger partial charge in [-0.2, -0.15) is 0 Å². The highest BCUT2D eigenvalue weighted by Gasteiger charge is 2.15. The van der Waals surface area contributed by atoms with E-state index in [9.17, 15) is 19.1 Å². The molecule has 0 saturated carbocycles. The number of aromatic amines is 1. The van der Waals surface area contributed by atoms with E-state index in [0.717, 1.165) is 12.3 Å². The summed E-state index contributed by atoms with van der Waals surface area (Å²) in [6.07, 6.45) is -0.293. The van der Waals surface area contributed by atoms with Gasteiger partial charge in [0, 0.05) is 19.3 Å². The van der Waals surface area contributed by atoms with Crippen LogP contribution in [0.15, 0.2) is 12.3 Å². The van der Waals surface area contributed by atoms with Crippen LogP contribution in [0.2, 0.25) is 0 Å². The van der Waals surface area contributed by atoms with E-state index in [0.29, 0.717) is 0 Å². The average Bonchev–Trinajstić information content (AvgIpc) is 2.71. The zero-order chi connectivity index (χ0) is 12.1. The largest absolute Gasteiger partial charge is 0.381 e. The normalized spacial score (nSPS) is 11.9. The van der Waals surface area contributed by atoms with Crippen molar-refractivity contribution in [3.63, 3.8) is 0 Å². The highest BCUT2D eigenvalue weighted by Crippen LogP contribution is 2.00. The lowest BCUT2D eigenvalue weighted by atomic mass is 10.3. The van der Waals surface area contributed by atoms with Gasteiger partial charge < -0.3 is 20.7 Å². The molecule has 0 aliphatic carbocycles. The molecule has 1 heterocycles. The summed E-state index contributed by atoms with van der Waals surface area (Å²) in [5.41, 5.74) is 0.0293. The Hall–Kier alpha value is -1.89. The van der Waals surface area contributed by atoms with Gasteiger partial charge in [0.2, 0.25) is 5.91 Å². The van der Waals surface area contributed by atoms with Crippen molar-refractivity contribution in [2.75, 3.05) is 13.6 Å². The summed E-state index contributed by atoms with van der Waals surface area (Å²) in [6.45, 7) is -0.237. The van der Waals surface area contributed by atoms with Crippen molar-refractivity contribution in [3.05, 3.63) is 23.8 Å². The number of likely N-dealkylation sites (N-methyl/N-ethyl adjacent to an activating group) is 1. The molecule has 2 amide bonds. The molecule has 1 rings (SSSR count). The van der Waals surface area contributed by atoms with Crippen molar-refractivity contribution in [2.45, 2.75) is 6.10 Å². The summed E-state index contributed by atoms with van der Waals surface area (Å²) in [5.74, 6) is -1.75. The molecule has 4 N–H and O–H groups in total. The molecule has 7 heteroatoms. The van der Waals surface area contributed by atoms with Crippen LogP contribution in [-0.4, -0.2) is 41.6 Å². The number of aliphatic hydroxyl groups is 1. The van der Waals surface area contributed by atoms with Crippen molar-refractivity contribution in [3.8, 4) is 0 Å². The van der Waals surface area contributed by atoms with Gasteiger partial charge in [-0.1, -0.05) is 0 Å². The third-order valence-electron chi connectivity index (χ3n) is 1.90. The van der Waals surface area contributed by atoms with E-state index in [-0.39, 0.29) is 12.2 Å². The van der Waals surface area contributed by atoms with Crippen LogP contribution < -0.4 is 10.6 Å². The van der Waals surface area contributed by atoms with Crippen LogP contribution in [0.4, 0.5) is 4.39 Å². The number of nitrogens with one attached hydrogen (secondary N) is 3. The summed E-state index contributed by atoms with van der Waals surface area (Å²) in [4.78, 5) is 24.6. The lowest BCUT2D eigenvalue weighted by molar-refractivity contribution is -0.128. The molecule has 0 radical (unpaired) electrons. The quantitative estimate of drug-likeness (QED) is 0.533. The first-order chi connectivity index (χ1) is 7.54. The molecule has 1 unspecified atom stereocenters. The standard InChI is InChI=1S/C9H12FN3O3/c1-11-9(16)7(14)4-13-8(15)6-2-5(10)3-12-6/h2-3,7,12,14H,4H2,1H3,(H,11,16)(H,13,15). The van der Waals surface area contributed by atoms with Crippen LogP contribution in [0.3, 0.4) is 0 Å². The van der Waals surface area contributed by atoms with E-state index in [1.54, 1.807) is 0 Å².